The van der Waals surface area contributed by atoms with Crippen LogP contribution < -0.4 is 5.32 Å². The van der Waals surface area contributed by atoms with E-state index in [0.717, 1.165) is 0 Å². The summed E-state index contributed by atoms with van der Waals surface area (Å²) in [4.78, 5) is 4.19. The van der Waals surface area contributed by atoms with Crippen LogP contribution in [0.25, 0.3) is 5.65 Å². The van der Waals surface area contributed by atoms with E-state index in [2.05, 4.69) is 15.4 Å². The Bertz CT molecular complexity index is 521. The molecule has 0 unspecified atom stereocenters. The number of nitrogens with zero attached hydrogens (tertiary/aromatic N) is 3. The zero-order valence-corrected chi connectivity index (χ0v) is 8.47. The van der Waals surface area contributed by atoms with Gasteiger partial charge in [0.15, 0.2) is 5.65 Å². The van der Waals surface area contributed by atoms with Gasteiger partial charge in [-0.1, -0.05) is 0 Å². The van der Waals surface area contributed by atoms with Crippen molar-refractivity contribution in [2.24, 2.45) is 0 Å². The summed E-state index contributed by atoms with van der Waals surface area (Å²) < 4.78 is 14.3. The first-order valence-corrected chi connectivity index (χ1v) is 5.17. The molecule has 1 saturated carbocycles. The molecule has 2 aromatic heterocycles. The van der Waals surface area contributed by atoms with Gasteiger partial charge >= 0.3 is 0 Å². The number of aliphatic hydroxyl groups is 1. The molecule has 16 heavy (non-hydrogen) atoms. The monoisotopic (exact) mass is 222 g/mol. The summed E-state index contributed by atoms with van der Waals surface area (Å²) in [5, 5.41) is 16.3. The summed E-state index contributed by atoms with van der Waals surface area (Å²) in [7, 11) is 0. The van der Waals surface area contributed by atoms with Crippen LogP contribution in [0, 0.1) is 5.82 Å². The molecule has 0 saturated heterocycles. The quantitative estimate of drug-likeness (QED) is 0.789. The van der Waals surface area contributed by atoms with E-state index in [1.807, 2.05) is 0 Å². The van der Waals surface area contributed by atoms with E-state index in [4.69, 9.17) is 5.11 Å². The Balaban J connectivity index is 1.82. The van der Waals surface area contributed by atoms with Crippen LogP contribution >= 0.6 is 0 Å². The molecule has 1 aliphatic carbocycles. The van der Waals surface area contributed by atoms with E-state index in [0.29, 0.717) is 24.4 Å². The molecular formula is C10H11FN4O. The van der Waals surface area contributed by atoms with Crippen molar-refractivity contribution in [2.45, 2.75) is 25.0 Å². The zero-order chi connectivity index (χ0) is 11.1. The fourth-order valence-electron chi connectivity index (χ4n) is 1.81. The first-order valence-electron chi connectivity index (χ1n) is 5.17. The van der Waals surface area contributed by atoms with Crippen molar-refractivity contribution in [3.63, 3.8) is 0 Å². The number of nitrogens with one attached hydrogen (secondary N) is 1. The number of halogens is 1. The van der Waals surface area contributed by atoms with Crippen LogP contribution in [0.15, 0.2) is 18.3 Å². The van der Waals surface area contributed by atoms with Gasteiger partial charge in [0.2, 0.25) is 5.95 Å². The van der Waals surface area contributed by atoms with Crippen LogP contribution in [-0.2, 0) is 0 Å². The second kappa shape index (κ2) is 3.41. The van der Waals surface area contributed by atoms with E-state index in [9.17, 15) is 4.39 Å². The standard InChI is InChI=1S/C10H11FN4O/c11-6-1-2-9-13-10(14-15(9)5-6)12-7-3-8(16)4-7/h1-2,5,7-8,16H,3-4H2,(H,12,14). The molecule has 0 bridgehead atoms. The van der Waals surface area contributed by atoms with Gasteiger partial charge in [-0.15, -0.1) is 5.10 Å². The van der Waals surface area contributed by atoms with Crippen LogP contribution in [-0.4, -0.2) is 31.9 Å². The van der Waals surface area contributed by atoms with Crippen molar-refractivity contribution in [1.82, 2.24) is 14.6 Å². The minimum absolute atomic E-state index is 0.216. The summed E-state index contributed by atoms with van der Waals surface area (Å²) in [5.41, 5.74) is 0.601. The largest absolute Gasteiger partial charge is 0.393 e. The SMILES string of the molecule is OC1CC(Nc2nc3ccc(F)cn3n2)C1. The van der Waals surface area contributed by atoms with Crippen LogP contribution in [0.3, 0.4) is 0 Å². The Morgan fingerprint density at radius 2 is 2.25 bits per heavy atom. The number of hydrogen-bond acceptors (Lipinski definition) is 4. The average molecular weight is 222 g/mol. The van der Waals surface area contributed by atoms with Crippen molar-refractivity contribution in [3.8, 4) is 0 Å². The fraction of sp³-hybridized carbons (Fsp3) is 0.400. The molecule has 0 radical (unpaired) electrons. The lowest BCUT2D eigenvalue weighted by Gasteiger charge is -2.31. The van der Waals surface area contributed by atoms with Gasteiger partial charge in [-0.3, -0.25) is 0 Å². The lowest BCUT2D eigenvalue weighted by molar-refractivity contribution is 0.0834. The second-order valence-corrected chi connectivity index (χ2v) is 4.05. The lowest BCUT2D eigenvalue weighted by Crippen LogP contribution is -2.39. The predicted octanol–water partition coefficient (Wildman–Crippen LogP) is 0.804. The number of aliphatic hydroxyl groups excluding tert-OH is 1. The molecular weight excluding hydrogens is 211 g/mol. The Morgan fingerprint density at radius 1 is 1.44 bits per heavy atom. The summed E-state index contributed by atoms with van der Waals surface area (Å²) >= 11 is 0. The molecule has 2 heterocycles. The predicted molar refractivity (Wildman–Crippen MR) is 55.6 cm³/mol. The molecule has 5 nitrogen and oxygen atoms in total. The Kier molecular flexibility index (Phi) is 2.03. The third-order valence-corrected chi connectivity index (χ3v) is 2.74. The maximum Gasteiger partial charge on any atom is 0.243 e. The molecule has 0 aliphatic heterocycles. The number of pyridine rings is 1. The van der Waals surface area contributed by atoms with Crippen molar-refractivity contribution >= 4 is 11.6 Å². The van der Waals surface area contributed by atoms with Crippen LogP contribution in [0.4, 0.5) is 10.3 Å². The summed E-state index contributed by atoms with van der Waals surface area (Å²) in [6.45, 7) is 0. The molecule has 84 valence electrons. The summed E-state index contributed by atoms with van der Waals surface area (Å²) in [5.74, 6) is 0.130. The van der Waals surface area contributed by atoms with Crippen molar-refractivity contribution in [1.29, 1.82) is 0 Å². The topological polar surface area (TPSA) is 62.5 Å². The molecule has 0 aromatic carbocycles. The number of anilines is 1. The first-order chi connectivity index (χ1) is 7.70. The van der Waals surface area contributed by atoms with E-state index in [1.165, 1.54) is 16.8 Å². The molecule has 6 heteroatoms. The Morgan fingerprint density at radius 3 is 3.00 bits per heavy atom. The number of aromatic nitrogens is 3. The Labute approximate surface area is 90.9 Å². The molecule has 1 aliphatic rings. The van der Waals surface area contributed by atoms with Gasteiger partial charge in [-0.25, -0.2) is 8.91 Å². The smallest absolute Gasteiger partial charge is 0.243 e. The summed E-state index contributed by atoms with van der Waals surface area (Å²) in [6, 6.07) is 3.14. The average Bonchev–Trinajstić information content (AvgIpc) is 2.57. The van der Waals surface area contributed by atoms with Gasteiger partial charge in [0, 0.05) is 6.04 Å². The van der Waals surface area contributed by atoms with E-state index in [-0.39, 0.29) is 18.0 Å². The fourth-order valence-corrected chi connectivity index (χ4v) is 1.81. The Hall–Kier alpha value is -1.69. The highest BCUT2D eigenvalue weighted by Crippen LogP contribution is 2.22. The molecule has 2 aromatic rings. The van der Waals surface area contributed by atoms with Gasteiger partial charge in [-0.05, 0) is 25.0 Å². The molecule has 1 fully saturated rings. The van der Waals surface area contributed by atoms with E-state index < -0.39 is 0 Å². The van der Waals surface area contributed by atoms with Crippen molar-refractivity contribution in [2.75, 3.05) is 5.32 Å². The van der Waals surface area contributed by atoms with Gasteiger partial charge in [-0.2, -0.15) is 4.98 Å². The molecule has 0 atom stereocenters. The van der Waals surface area contributed by atoms with Gasteiger partial charge in [0.1, 0.15) is 5.82 Å². The van der Waals surface area contributed by atoms with Gasteiger partial charge in [0.25, 0.3) is 0 Å². The first kappa shape index (κ1) is 9.53. The highest BCUT2D eigenvalue weighted by atomic mass is 19.1. The van der Waals surface area contributed by atoms with Gasteiger partial charge in [0.05, 0.1) is 12.3 Å². The normalized spacial score (nSPS) is 24.4. The second-order valence-electron chi connectivity index (χ2n) is 4.05. The number of hydrogen-bond donors (Lipinski definition) is 2. The van der Waals surface area contributed by atoms with E-state index in [1.54, 1.807) is 6.07 Å². The summed E-state index contributed by atoms with van der Waals surface area (Å²) in [6.07, 6.45) is 2.49. The number of fused-ring (bicyclic) bond motifs is 1. The molecule has 0 amide bonds. The lowest BCUT2D eigenvalue weighted by atomic mass is 9.90. The maximum atomic E-state index is 12.9. The third-order valence-electron chi connectivity index (χ3n) is 2.74. The van der Waals surface area contributed by atoms with Gasteiger partial charge < -0.3 is 10.4 Å². The number of rotatable bonds is 2. The minimum atomic E-state index is -0.344. The highest BCUT2D eigenvalue weighted by molar-refractivity contribution is 5.43. The van der Waals surface area contributed by atoms with Crippen LogP contribution in [0.1, 0.15) is 12.8 Å². The van der Waals surface area contributed by atoms with Crippen LogP contribution in [0.5, 0.6) is 0 Å². The molecule has 2 N–H and O–H groups in total. The van der Waals surface area contributed by atoms with Crippen molar-refractivity contribution < 1.29 is 9.50 Å². The third kappa shape index (κ3) is 1.61. The molecule has 3 rings (SSSR count). The molecule has 0 spiro atoms. The zero-order valence-electron chi connectivity index (χ0n) is 8.47. The maximum absolute atomic E-state index is 12.9. The highest BCUT2D eigenvalue weighted by Gasteiger charge is 2.27. The van der Waals surface area contributed by atoms with Crippen LogP contribution in [0.2, 0.25) is 0 Å². The minimum Gasteiger partial charge on any atom is -0.393 e. The van der Waals surface area contributed by atoms with Crippen molar-refractivity contribution in [3.05, 3.63) is 24.1 Å². The van der Waals surface area contributed by atoms with E-state index >= 15 is 0 Å².